The number of carbonyl (C=O) groups is 1. The molecule has 1 amide bonds. The summed E-state index contributed by atoms with van der Waals surface area (Å²) in [6.07, 6.45) is 37.4. The van der Waals surface area contributed by atoms with Gasteiger partial charge < -0.3 is 19.8 Å². The van der Waals surface area contributed by atoms with Crippen LogP contribution in [0.25, 0.3) is 0 Å². The number of phosphoric acid groups is 1. The Balaban J connectivity index is 4.19. The molecule has 3 atom stereocenters. The van der Waals surface area contributed by atoms with Crippen LogP contribution >= 0.6 is 7.82 Å². The summed E-state index contributed by atoms with van der Waals surface area (Å²) < 4.78 is 23.3. The molecule has 0 fully saturated rings. The van der Waals surface area contributed by atoms with E-state index in [-0.39, 0.29) is 19.1 Å². The van der Waals surface area contributed by atoms with E-state index in [4.69, 9.17) is 9.05 Å². The van der Waals surface area contributed by atoms with Gasteiger partial charge in [-0.3, -0.25) is 13.8 Å². The van der Waals surface area contributed by atoms with Crippen molar-refractivity contribution in [1.29, 1.82) is 0 Å². The number of quaternary nitrogens is 1. The summed E-state index contributed by atoms with van der Waals surface area (Å²) in [7, 11) is 1.59. The lowest BCUT2D eigenvalue weighted by Crippen LogP contribution is -2.46. The normalized spacial score (nSPS) is 15.2. The second-order valence-electron chi connectivity index (χ2n) is 13.9. The molecule has 0 heterocycles. The molecule has 0 rings (SSSR count). The molecule has 0 bridgehead atoms. The molecule has 48 heavy (non-hydrogen) atoms. The molecular formula is C39H74N2O6P+. The first-order valence-corrected chi connectivity index (χ1v) is 20.5. The molecule has 0 aliphatic rings. The van der Waals surface area contributed by atoms with Crippen LogP contribution < -0.4 is 5.32 Å². The van der Waals surface area contributed by atoms with E-state index in [0.29, 0.717) is 23.9 Å². The van der Waals surface area contributed by atoms with E-state index in [0.717, 1.165) is 83.5 Å². The number of allylic oxidation sites excluding steroid dienone is 8. The zero-order valence-corrected chi connectivity index (χ0v) is 32.4. The maximum Gasteiger partial charge on any atom is 0.472 e. The van der Waals surface area contributed by atoms with Gasteiger partial charge in [-0.05, 0) is 51.4 Å². The van der Waals surface area contributed by atoms with Gasteiger partial charge in [-0.15, -0.1) is 0 Å². The third kappa shape index (κ3) is 33.0. The van der Waals surface area contributed by atoms with E-state index >= 15 is 0 Å². The molecule has 0 aromatic heterocycles. The molecule has 0 aromatic rings. The van der Waals surface area contributed by atoms with Gasteiger partial charge in [0.05, 0.1) is 39.9 Å². The highest BCUT2D eigenvalue weighted by Crippen LogP contribution is 2.43. The Morgan fingerprint density at radius 3 is 1.83 bits per heavy atom. The van der Waals surface area contributed by atoms with Crippen molar-refractivity contribution in [3.63, 3.8) is 0 Å². The molecule has 0 spiro atoms. The lowest BCUT2D eigenvalue weighted by Gasteiger charge is -2.26. The molecule has 8 nitrogen and oxygen atoms in total. The van der Waals surface area contributed by atoms with Gasteiger partial charge in [0.15, 0.2) is 0 Å². The number of likely N-dealkylation sites (N-methyl/N-ethyl adjacent to an activating group) is 1. The first-order valence-electron chi connectivity index (χ1n) is 19.0. The quantitative estimate of drug-likeness (QED) is 0.0273. The number of nitrogens with zero attached hydrogens (tertiary/aromatic N) is 1. The van der Waals surface area contributed by atoms with Crippen LogP contribution in [0.15, 0.2) is 48.6 Å². The zero-order valence-electron chi connectivity index (χ0n) is 31.5. The lowest BCUT2D eigenvalue weighted by molar-refractivity contribution is -0.870. The summed E-state index contributed by atoms with van der Waals surface area (Å²) in [4.78, 5) is 22.9. The van der Waals surface area contributed by atoms with Crippen molar-refractivity contribution in [1.82, 2.24) is 5.32 Å². The minimum atomic E-state index is -4.30. The number of amides is 1. The Hall–Kier alpha value is -1.54. The summed E-state index contributed by atoms with van der Waals surface area (Å²) in [5.41, 5.74) is 0. The monoisotopic (exact) mass is 698 g/mol. The molecule has 0 aromatic carbocycles. The molecule has 3 unspecified atom stereocenters. The maximum absolute atomic E-state index is 12.7. The number of unbranched alkanes of at least 4 members (excludes halogenated alkanes) is 12. The van der Waals surface area contributed by atoms with Crippen LogP contribution in [0.4, 0.5) is 0 Å². The molecule has 0 aliphatic carbocycles. The Bertz CT molecular complexity index is 928. The average molecular weight is 698 g/mol. The zero-order chi connectivity index (χ0) is 35.8. The highest BCUT2D eigenvalue weighted by molar-refractivity contribution is 7.47. The van der Waals surface area contributed by atoms with E-state index in [1.807, 2.05) is 21.1 Å². The van der Waals surface area contributed by atoms with Crippen molar-refractivity contribution in [2.45, 2.75) is 154 Å². The molecule has 0 radical (unpaired) electrons. The Kier molecular flexibility index (Phi) is 30.4. The number of rotatable bonds is 33. The van der Waals surface area contributed by atoms with E-state index < -0.39 is 20.0 Å². The second-order valence-corrected chi connectivity index (χ2v) is 15.4. The third-order valence-corrected chi connectivity index (χ3v) is 9.08. The third-order valence-electron chi connectivity index (χ3n) is 8.09. The van der Waals surface area contributed by atoms with E-state index in [1.54, 1.807) is 0 Å². The summed E-state index contributed by atoms with van der Waals surface area (Å²) >= 11 is 0. The molecule has 0 saturated carbocycles. The smallest absolute Gasteiger partial charge is 0.391 e. The Morgan fingerprint density at radius 1 is 0.729 bits per heavy atom. The van der Waals surface area contributed by atoms with Crippen LogP contribution in [-0.4, -0.2) is 73.4 Å². The predicted molar refractivity (Wildman–Crippen MR) is 203 cm³/mol. The highest BCUT2D eigenvalue weighted by atomic mass is 31.2. The topological polar surface area (TPSA) is 105 Å². The van der Waals surface area contributed by atoms with Crippen LogP contribution in [0, 0.1) is 0 Å². The van der Waals surface area contributed by atoms with Gasteiger partial charge in [0.1, 0.15) is 13.2 Å². The number of carbonyl (C=O) groups excluding carboxylic acids is 1. The SMILES string of the molecule is CC/C=C\C/C=C\C/C=C\C/C=C\CCCCCCCCCCC(=O)NC(COP(=O)(O)OCC[N+](C)(C)C)C(O)CCCCCCC. The van der Waals surface area contributed by atoms with E-state index in [2.05, 4.69) is 67.8 Å². The van der Waals surface area contributed by atoms with Crippen LogP contribution in [0.2, 0.25) is 0 Å². The van der Waals surface area contributed by atoms with Gasteiger partial charge in [0.25, 0.3) is 0 Å². The average Bonchev–Trinajstić information content (AvgIpc) is 3.02. The van der Waals surface area contributed by atoms with Crippen LogP contribution in [0.5, 0.6) is 0 Å². The molecule has 0 saturated heterocycles. The Labute approximate surface area is 295 Å². The fraction of sp³-hybridized carbons (Fsp3) is 0.769. The minimum Gasteiger partial charge on any atom is -0.391 e. The molecule has 0 aliphatic heterocycles. The number of hydrogen-bond donors (Lipinski definition) is 3. The van der Waals surface area contributed by atoms with E-state index in [1.165, 1.54) is 32.1 Å². The number of nitrogens with one attached hydrogen (secondary N) is 1. The highest BCUT2D eigenvalue weighted by Gasteiger charge is 2.28. The second kappa shape index (κ2) is 31.4. The van der Waals surface area contributed by atoms with Gasteiger partial charge in [0, 0.05) is 6.42 Å². The lowest BCUT2D eigenvalue weighted by atomic mass is 10.0. The fourth-order valence-electron chi connectivity index (χ4n) is 5.03. The van der Waals surface area contributed by atoms with Gasteiger partial charge in [0.2, 0.25) is 5.91 Å². The summed E-state index contributed by atoms with van der Waals surface area (Å²) in [5.74, 6) is -0.164. The number of phosphoric ester groups is 1. The molecule has 3 N–H and O–H groups in total. The van der Waals surface area contributed by atoms with Gasteiger partial charge in [-0.1, -0.05) is 133 Å². The van der Waals surface area contributed by atoms with Crippen LogP contribution in [0.3, 0.4) is 0 Å². The van der Waals surface area contributed by atoms with Crippen molar-refractivity contribution < 1.29 is 32.9 Å². The van der Waals surface area contributed by atoms with Crippen LogP contribution in [-0.2, 0) is 18.4 Å². The summed E-state index contributed by atoms with van der Waals surface area (Å²) in [5, 5.41) is 13.7. The van der Waals surface area contributed by atoms with Crippen molar-refractivity contribution in [3.05, 3.63) is 48.6 Å². The predicted octanol–water partition coefficient (Wildman–Crippen LogP) is 9.74. The van der Waals surface area contributed by atoms with Crippen molar-refractivity contribution in [2.75, 3.05) is 40.9 Å². The van der Waals surface area contributed by atoms with Crippen LogP contribution in [0.1, 0.15) is 142 Å². The number of hydrogen-bond acceptors (Lipinski definition) is 5. The molecule has 9 heteroatoms. The van der Waals surface area contributed by atoms with Crippen molar-refractivity contribution in [3.8, 4) is 0 Å². The standard InChI is InChI=1S/C39H73N2O6P/c1-6-8-10-12-13-14-15-16-17-18-19-20-21-22-23-24-25-26-27-29-31-33-39(43)40-37(38(42)32-30-28-11-9-7-2)36-47-48(44,45)46-35-34-41(3,4)5/h8,10,13-14,16-17,19-20,37-38,42H,6-7,9,11-12,15,18,21-36H2,1-5H3,(H-,40,43,44,45)/p+1/b10-8-,14-13-,17-16-,20-19-. The first-order chi connectivity index (χ1) is 23.0. The first kappa shape index (κ1) is 46.5. The number of aliphatic hydroxyl groups excluding tert-OH is 1. The van der Waals surface area contributed by atoms with E-state index in [9.17, 15) is 19.4 Å². The fourth-order valence-corrected chi connectivity index (χ4v) is 5.77. The summed E-state index contributed by atoms with van der Waals surface area (Å²) in [6, 6.07) is -0.761. The van der Waals surface area contributed by atoms with Crippen molar-refractivity contribution in [2.24, 2.45) is 0 Å². The minimum absolute atomic E-state index is 0.0698. The largest absolute Gasteiger partial charge is 0.472 e. The summed E-state index contributed by atoms with van der Waals surface area (Å²) in [6.45, 7) is 4.65. The maximum atomic E-state index is 12.7. The van der Waals surface area contributed by atoms with Gasteiger partial charge in [-0.25, -0.2) is 4.57 Å². The van der Waals surface area contributed by atoms with Gasteiger partial charge >= 0.3 is 7.82 Å². The molecular weight excluding hydrogens is 623 g/mol. The number of aliphatic hydroxyl groups is 1. The van der Waals surface area contributed by atoms with Crippen molar-refractivity contribution >= 4 is 13.7 Å². The molecule has 280 valence electrons. The van der Waals surface area contributed by atoms with Gasteiger partial charge in [-0.2, -0.15) is 0 Å². The Morgan fingerprint density at radius 2 is 1.25 bits per heavy atom.